The van der Waals surface area contributed by atoms with Crippen molar-refractivity contribution in [1.82, 2.24) is 0 Å². The van der Waals surface area contributed by atoms with Gasteiger partial charge >= 0.3 is 0 Å². The van der Waals surface area contributed by atoms with Crippen molar-refractivity contribution < 1.29 is 29.6 Å². The van der Waals surface area contributed by atoms with Gasteiger partial charge in [-0.25, -0.2) is 0 Å². The number of methoxy groups -OCH3 is 1. The zero-order valence-corrected chi connectivity index (χ0v) is 11.7. The van der Waals surface area contributed by atoms with Crippen molar-refractivity contribution in [2.45, 2.75) is 12.5 Å². The van der Waals surface area contributed by atoms with Gasteiger partial charge in [-0.1, -0.05) is 18.2 Å². The Balaban J connectivity index is 2.13. The van der Waals surface area contributed by atoms with Crippen LogP contribution in [-0.4, -0.2) is 28.2 Å². The number of Topliss-reactive ketones (excluding diaryl/α,β-unsaturated/α-hetero) is 1. The van der Waals surface area contributed by atoms with E-state index in [4.69, 9.17) is 9.47 Å². The largest absolute Gasteiger partial charge is 0.508 e. The molecule has 0 bridgehead atoms. The first-order valence-electron chi connectivity index (χ1n) is 6.63. The molecule has 3 rings (SSSR count). The number of fused-ring (bicyclic) bond motifs is 1. The van der Waals surface area contributed by atoms with E-state index in [2.05, 4.69) is 0 Å². The van der Waals surface area contributed by atoms with Gasteiger partial charge in [0, 0.05) is 11.6 Å². The van der Waals surface area contributed by atoms with Gasteiger partial charge in [0.1, 0.15) is 23.2 Å². The van der Waals surface area contributed by atoms with Gasteiger partial charge in [-0.15, -0.1) is 0 Å². The molecule has 0 fully saturated rings. The van der Waals surface area contributed by atoms with Crippen LogP contribution in [0.4, 0.5) is 0 Å². The van der Waals surface area contributed by atoms with Gasteiger partial charge < -0.3 is 24.8 Å². The number of aromatic hydroxyl groups is 3. The summed E-state index contributed by atoms with van der Waals surface area (Å²) in [7, 11) is 1.32. The van der Waals surface area contributed by atoms with Gasteiger partial charge in [-0.05, 0) is 6.07 Å². The topological polar surface area (TPSA) is 96.2 Å². The molecule has 0 spiro atoms. The van der Waals surface area contributed by atoms with E-state index < -0.39 is 6.10 Å². The fourth-order valence-corrected chi connectivity index (χ4v) is 2.58. The van der Waals surface area contributed by atoms with Crippen LogP contribution in [0.5, 0.6) is 28.7 Å². The Morgan fingerprint density at radius 1 is 1.14 bits per heavy atom. The second-order valence-corrected chi connectivity index (χ2v) is 4.94. The first-order chi connectivity index (χ1) is 10.5. The summed E-state index contributed by atoms with van der Waals surface area (Å²) in [5.41, 5.74) is 0.424. The fourth-order valence-electron chi connectivity index (χ4n) is 2.58. The summed E-state index contributed by atoms with van der Waals surface area (Å²) < 4.78 is 10.8. The predicted octanol–water partition coefficient (Wildman–Crippen LogP) is 2.52. The molecule has 0 amide bonds. The van der Waals surface area contributed by atoms with E-state index in [1.807, 2.05) is 0 Å². The summed E-state index contributed by atoms with van der Waals surface area (Å²) in [5.74, 6) is -1.10. The first-order valence-corrected chi connectivity index (χ1v) is 6.63. The Bertz CT molecular complexity index is 753. The Hall–Kier alpha value is -2.89. The molecule has 22 heavy (non-hydrogen) atoms. The second-order valence-electron chi connectivity index (χ2n) is 4.94. The zero-order chi connectivity index (χ0) is 15.9. The number of phenolic OH excluding ortho intramolecular Hbond substituents is 3. The summed E-state index contributed by atoms with van der Waals surface area (Å²) in [5, 5.41) is 29.6. The number of ether oxygens (including phenoxy) is 2. The van der Waals surface area contributed by atoms with Crippen LogP contribution in [0.25, 0.3) is 0 Å². The number of phenols is 3. The summed E-state index contributed by atoms with van der Waals surface area (Å²) >= 11 is 0. The Morgan fingerprint density at radius 2 is 1.86 bits per heavy atom. The van der Waals surface area contributed by atoms with Crippen molar-refractivity contribution in [3.63, 3.8) is 0 Å². The molecule has 0 radical (unpaired) electrons. The van der Waals surface area contributed by atoms with E-state index in [-0.39, 0.29) is 46.5 Å². The highest BCUT2D eigenvalue weighted by Gasteiger charge is 2.35. The van der Waals surface area contributed by atoms with E-state index in [1.54, 1.807) is 18.2 Å². The second kappa shape index (κ2) is 5.14. The molecule has 0 aliphatic carbocycles. The lowest BCUT2D eigenvalue weighted by Crippen LogP contribution is -2.21. The maximum atomic E-state index is 12.3. The lowest BCUT2D eigenvalue weighted by atomic mass is 9.94. The highest BCUT2D eigenvalue weighted by Crippen LogP contribution is 2.50. The van der Waals surface area contributed by atoms with Crippen LogP contribution < -0.4 is 9.47 Å². The molecule has 6 nitrogen and oxygen atoms in total. The molecular weight excluding hydrogens is 288 g/mol. The third-order valence-corrected chi connectivity index (χ3v) is 3.59. The zero-order valence-electron chi connectivity index (χ0n) is 11.7. The van der Waals surface area contributed by atoms with E-state index in [0.29, 0.717) is 5.56 Å². The minimum absolute atomic E-state index is 0.00657. The molecule has 1 heterocycles. The van der Waals surface area contributed by atoms with Crippen LogP contribution in [0.3, 0.4) is 0 Å². The number of carbonyl (C=O) groups excluding carboxylic acids is 1. The van der Waals surface area contributed by atoms with E-state index >= 15 is 0 Å². The van der Waals surface area contributed by atoms with Crippen molar-refractivity contribution in [2.75, 3.05) is 7.11 Å². The minimum atomic E-state index is -0.726. The molecule has 2 aromatic carbocycles. The Kier molecular flexibility index (Phi) is 3.29. The van der Waals surface area contributed by atoms with Crippen molar-refractivity contribution in [2.24, 2.45) is 0 Å². The van der Waals surface area contributed by atoms with Crippen LogP contribution in [0, 0.1) is 0 Å². The summed E-state index contributed by atoms with van der Waals surface area (Å²) in [6.45, 7) is 0. The van der Waals surface area contributed by atoms with Crippen LogP contribution in [0.15, 0.2) is 30.3 Å². The molecule has 0 aromatic heterocycles. The third-order valence-electron chi connectivity index (χ3n) is 3.59. The Labute approximate surface area is 126 Å². The molecule has 3 N–H and O–H groups in total. The van der Waals surface area contributed by atoms with Crippen LogP contribution >= 0.6 is 0 Å². The summed E-state index contributed by atoms with van der Waals surface area (Å²) in [6, 6.07) is 7.56. The SMILES string of the molecule is COc1c(O)cc(O)c2c1O[C@H](c1ccccc1O)CC2=O. The number of carbonyl (C=O) groups is 1. The maximum Gasteiger partial charge on any atom is 0.204 e. The highest BCUT2D eigenvalue weighted by molar-refractivity contribution is 6.03. The van der Waals surface area contributed by atoms with Crippen molar-refractivity contribution in [3.05, 3.63) is 41.5 Å². The van der Waals surface area contributed by atoms with Gasteiger partial charge in [0.2, 0.25) is 5.75 Å². The number of benzene rings is 2. The molecule has 1 aliphatic heterocycles. The minimum Gasteiger partial charge on any atom is -0.508 e. The average molecular weight is 302 g/mol. The number of rotatable bonds is 2. The van der Waals surface area contributed by atoms with E-state index in [9.17, 15) is 20.1 Å². The van der Waals surface area contributed by atoms with Crippen molar-refractivity contribution in [1.29, 1.82) is 0 Å². The van der Waals surface area contributed by atoms with Gasteiger partial charge in [0.05, 0.1) is 13.5 Å². The molecule has 0 saturated carbocycles. The number of hydrogen-bond donors (Lipinski definition) is 3. The van der Waals surface area contributed by atoms with Crippen LogP contribution in [0.2, 0.25) is 0 Å². The number of hydrogen-bond acceptors (Lipinski definition) is 6. The lowest BCUT2D eigenvalue weighted by Gasteiger charge is -2.27. The van der Waals surface area contributed by atoms with Gasteiger partial charge in [-0.3, -0.25) is 4.79 Å². The quantitative estimate of drug-likeness (QED) is 0.789. The van der Waals surface area contributed by atoms with Crippen LogP contribution in [-0.2, 0) is 0 Å². The number of ketones is 1. The molecular formula is C16H14O6. The average Bonchev–Trinajstić information content (AvgIpc) is 2.47. The van der Waals surface area contributed by atoms with Crippen molar-refractivity contribution >= 4 is 5.78 Å². The van der Waals surface area contributed by atoms with Gasteiger partial charge in [0.25, 0.3) is 0 Å². The first kappa shape index (κ1) is 14.1. The maximum absolute atomic E-state index is 12.3. The lowest BCUT2D eigenvalue weighted by molar-refractivity contribution is 0.0833. The molecule has 1 atom stereocenters. The summed E-state index contributed by atoms with van der Waals surface area (Å²) in [4.78, 5) is 12.3. The highest BCUT2D eigenvalue weighted by atomic mass is 16.5. The third kappa shape index (κ3) is 2.09. The monoisotopic (exact) mass is 302 g/mol. The fraction of sp³-hybridized carbons (Fsp3) is 0.188. The Morgan fingerprint density at radius 3 is 2.55 bits per heavy atom. The van der Waals surface area contributed by atoms with Crippen LogP contribution in [0.1, 0.15) is 28.4 Å². The van der Waals surface area contributed by atoms with E-state index in [0.717, 1.165) is 6.07 Å². The molecule has 114 valence electrons. The van der Waals surface area contributed by atoms with E-state index in [1.165, 1.54) is 13.2 Å². The van der Waals surface area contributed by atoms with Gasteiger partial charge in [-0.2, -0.15) is 0 Å². The molecule has 0 saturated heterocycles. The normalized spacial score (nSPS) is 16.8. The molecule has 1 aliphatic rings. The molecule has 0 unspecified atom stereocenters. The summed E-state index contributed by atoms with van der Waals surface area (Å²) in [6.07, 6.45) is -0.761. The smallest absolute Gasteiger partial charge is 0.204 e. The van der Waals surface area contributed by atoms with Gasteiger partial charge in [0.15, 0.2) is 17.3 Å². The van der Waals surface area contributed by atoms with Crippen molar-refractivity contribution in [3.8, 4) is 28.7 Å². The molecule has 6 heteroatoms. The molecule has 2 aromatic rings. The predicted molar refractivity (Wildman–Crippen MR) is 76.7 cm³/mol. The number of para-hydroxylation sites is 1. The standard InChI is InChI=1S/C16H14O6/c1-21-15-12(20)6-10(18)14-11(19)7-13(22-16(14)15)8-4-2-3-5-9(8)17/h2-6,13,17-18,20H,7H2,1H3/t13-/m0/s1.